The highest BCUT2D eigenvalue weighted by Gasteiger charge is 2.31. The van der Waals surface area contributed by atoms with E-state index in [-0.39, 0.29) is 16.9 Å². The molecular formula is C12H17ClF3N3. The second kappa shape index (κ2) is 6.96. The Labute approximate surface area is 115 Å². The minimum atomic E-state index is -4.44. The standard InChI is InChI=1S/C12H17ClF3N3/c1-2-3-4-9(17)7-19-11-10(13)5-8(6-18-11)12(14,15)16/h5-6,9H,2-4,7,17H2,1H3,(H,18,19). The highest BCUT2D eigenvalue weighted by molar-refractivity contribution is 6.32. The second-order valence-corrected chi connectivity index (χ2v) is 4.74. The van der Waals surface area contributed by atoms with Gasteiger partial charge in [-0.05, 0) is 12.5 Å². The van der Waals surface area contributed by atoms with Crippen LogP contribution in [-0.2, 0) is 6.18 Å². The van der Waals surface area contributed by atoms with Crippen LogP contribution in [0.2, 0.25) is 5.02 Å². The summed E-state index contributed by atoms with van der Waals surface area (Å²) in [6, 6.07) is 0.786. The van der Waals surface area contributed by atoms with Crippen LogP contribution in [-0.4, -0.2) is 17.6 Å². The molecule has 1 atom stereocenters. The highest BCUT2D eigenvalue weighted by atomic mass is 35.5. The van der Waals surface area contributed by atoms with Crippen molar-refractivity contribution >= 4 is 17.4 Å². The molecule has 1 unspecified atom stereocenters. The summed E-state index contributed by atoms with van der Waals surface area (Å²) in [5, 5.41) is 2.81. The van der Waals surface area contributed by atoms with Gasteiger partial charge in [0.05, 0.1) is 10.6 Å². The molecule has 1 aromatic heterocycles. The Hall–Kier alpha value is -1.01. The molecule has 0 fully saturated rings. The third-order valence-electron chi connectivity index (χ3n) is 2.63. The number of nitrogens with two attached hydrogens (primary N) is 1. The van der Waals surface area contributed by atoms with Crippen molar-refractivity contribution < 1.29 is 13.2 Å². The van der Waals surface area contributed by atoms with E-state index in [0.29, 0.717) is 6.54 Å². The number of halogens is 4. The summed E-state index contributed by atoms with van der Waals surface area (Å²) in [4.78, 5) is 3.68. The van der Waals surface area contributed by atoms with Gasteiger partial charge in [-0.15, -0.1) is 0 Å². The van der Waals surface area contributed by atoms with Gasteiger partial charge in [-0.3, -0.25) is 0 Å². The molecule has 0 amide bonds. The Kier molecular flexibility index (Phi) is 5.87. The number of rotatable bonds is 6. The Morgan fingerprint density at radius 3 is 2.68 bits per heavy atom. The van der Waals surface area contributed by atoms with Crippen molar-refractivity contribution in [3.8, 4) is 0 Å². The van der Waals surface area contributed by atoms with Gasteiger partial charge >= 0.3 is 6.18 Å². The van der Waals surface area contributed by atoms with E-state index in [1.807, 2.05) is 0 Å². The second-order valence-electron chi connectivity index (χ2n) is 4.34. The van der Waals surface area contributed by atoms with Crippen molar-refractivity contribution in [2.75, 3.05) is 11.9 Å². The molecule has 0 aromatic carbocycles. The fourth-order valence-corrected chi connectivity index (χ4v) is 1.75. The van der Waals surface area contributed by atoms with Crippen LogP contribution >= 0.6 is 11.6 Å². The quantitative estimate of drug-likeness (QED) is 0.841. The van der Waals surface area contributed by atoms with Gasteiger partial charge in [0.1, 0.15) is 5.82 Å². The van der Waals surface area contributed by atoms with Gasteiger partial charge in [-0.2, -0.15) is 13.2 Å². The van der Waals surface area contributed by atoms with Crippen molar-refractivity contribution in [3.05, 3.63) is 22.8 Å². The summed E-state index contributed by atoms with van der Waals surface area (Å²) in [6.07, 6.45) is -0.774. The van der Waals surface area contributed by atoms with Crippen LogP contribution in [0, 0.1) is 0 Å². The lowest BCUT2D eigenvalue weighted by molar-refractivity contribution is -0.137. The van der Waals surface area contributed by atoms with Gasteiger partial charge in [0, 0.05) is 18.8 Å². The third kappa shape index (κ3) is 5.24. The molecule has 0 saturated heterocycles. The fourth-order valence-electron chi connectivity index (χ4n) is 1.52. The summed E-state index contributed by atoms with van der Waals surface area (Å²) in [7, 11) is 0. The summed E-state index contributed by atoms with van der Waals surface area (Å²) >= 11 is 5.76. The lowest BCUT2D eigenvalue weighted by Crippen LogP contribution is -2.29. The van der Waals surface area contributed by atoms with Crippen LogP contribution in [0.1, 0.15) is 31.7 Å². The first-order chi connectivity index (χ1) is 8.84. The zero-order chi connectivity index (χ0) is 14.5. The molecule has 0 aliphatic carbocycles. The molecule has 1 aromatic rings. The fraction of sp³-hybridized carbons (Fsp3) is 0.583. The summed E-state index contributed by atoms with van der Waals surface area (Å²) in [6.45, 7) is 2.49. The number of unbranched alkanes of at least 4 members (excludes halogenated alkanes) is 1. The van der Waals surface area contributed by atoms with Crippen LogP contribution < -0.4 is 11.1 Å². The maximum Gasteiger partial charge on any atom is 0.417 e. The van der Waals surface area contributed by atoms with Crippen LogP contribution in [0.5, 0.6) is 0 Å². The molecule has 0 saturated carbocycles. The van der Waals surface area contributed by atoms with Gasteiger partial charge < -0.3 is 11.1 Å². The number of anilines is 1. The van der Waals surface area contributed by atoms with Crippen molar-refractivity contribution in [2.45, 2.75) is 38.4 Å². The third-order valence-corrected chi connectivity index (χ3v) is 2.92. The Bertz CT molecular complexity index is 410. The smallest absolute Gasteiger partial charge is 0.367 e. The molecule has 7 heteroatoms. The van der Waals surface area contributed by atoms with Gasteiger partial charge in [0.2, 0.25) is 0 Å². The maximum absolute atomic E-state index is 12.4. The number of hydrogen-bond donors (Lipinski definition) is 2. The Morgan fingerprint density at radius 2 is 2.16 bits per heavy atom. The first-order valence-electron chi connectivity index (χ1n) is 6.06. The normalized spacial score (nSPS) is 13.4. The largest absolute Gasteiger partial charge is 0.417 e. The van der Waals surface area contributed by atoms with Gasteiger partial charge in [0.25, 0.3) is 0 Å². The van der Waals surface area contributed by atoms with Crippen LogP contribution in [0.25, 0.3) is 0 Å². The summed E-state index contributed by atoms with van der Waals surface area (Å²) in [5.41, 5.74) is 4.98. The maximum atomic E-state index is 12.4. The number of nitrogens with zero attached hydrogens (tertiary/aromatic N) is 1. The molecular weight excluding hydrogens is 279 g/mol. The topological polar surface area (TPSA) is 50.9 Å². The van der Waals surface area contributed by atoms with E-state index in [1.54, 1.807) is 0 Å². The van der Waals surface area contributed by atoms with E-state index in [0.717, 1.165) is 31.5 Å². The number of nitrogens with one attached hydrogen (secondary N) is 1. The van der Waals surface area contributed by atoms with Crippen molar-refractivity contribution in [3.63, 3.8) is 0 Å². The average molecular weight is 296 g/mol. The summed E-state index contributed by atoms with van der Waals surface area (Å²) < 4.78 is 37.2. The van der Waals surface area contributed by atoms with E-state index in [9.17, 15) is 13.2 Å². The van der Waals surface area contributed by atoms with Crippen LogP contribution in [0.3, 0.4) is 0 Å². The molecule has 3 nitrogen and oxygen atoms in total. The van der Waals surface area contributed by atoms with Crippen molar-refractivity contribution in [1.29, 1.82) is 0 Å². The molecule has 0 spiro atoms. The average Bonchev–Trinajstić information content (AvgIpc) is 2.33. The van der Waals surface area contributed by atoms with E-state index in [2.05, 4.69) is 17.2 Å². The highest BCUT2D eigenvalue weighted by Crippen LogP contribution is 2.32. The SMILES string of the molecule is CCCCC(N)CNc1ncc(C(F)(F)F)cc1Cl. The number of pyridine rings is 1. The number of aromatic nitrogens is 1. The van der Waals surface area contributed by atoms with Crippen LogP contribution in [0.15, 0.2) is 12.3 Å². The Balaban J connectivity index is 2.60. The molecule has 0 radical (unpaired) electrons. The number of hydrogen-bond acceptors (Lipinski definition) is 3. The van der Waals surface area contributed by atoms with E-state index >= 15 is 0 Å². The molecule has 19 heavy (non-hydrogen) atoms. The first kappa shape index (κ1) is 16.0. The monoisotopic (exact) mass is 295 g/mol. The van der Waals surface area contributed by atoms with E-state index in [1.165, 1.54) is 0 Å². The summed E-state index contributed by atoms with van der Waals surface area (Å²) in [5.74, 6) is 0.224. The molecule has 108 valence electrons. The number of alkyl halides is 3. The van der Waals surface area contributed by atoms with Crippen molar-refractivity contribution in [2.24, 2.45) is 5.73 Å². The molecule has 0 aliphatic rings. The lowest BCUT2D eigenvalue weighted by atomic mass is 10.1. The molecule has 3 N–H and O–H groups in total. The lowest BCUT2D eigenvalue weighted by Gasteiger charge is -2.14. The minimum absolute atomic E-state index is 0.0579. The molecule has 0 bridgehead atoms. The van der Waals surface area contributed by atoms with Crippen molar-refractivity contribution in [1.82, 2.24) is 4.98 Å². The molecule has 1 rings (SSSR count). The predicted molar refractivity (Wildman–Crippen MR) is 70.2 cm³/mol. The first-order valence-corrected chi connectivity index (χ1v) is 6.44. The molecule has 0 aliphatic heterocycles. The van der Waals surface area contributed by atoms with Crippen LogP contribution in [0.4, 0.5) is 19.0 Å². The van der Waals surface area contributed by atoms with E-state index in [4.69, 9.17) is 17.3 Å². The zero-order valence-electron chi connectivity index (χ0n) is 10.6. The Morgan fingerprint density at radius 1 is 1.47 bits per heavy atom. The minimum Gasteiger partial charge on any atom is -0.367 e. The van der Waals surface area contributed by atoms with Gasteiger partial charge in [-0.25, -0.2) is 4.98 Å². The van der Waals surface area contributed by atoms with E-state index < -0.39 is 11.7 Å². The predicted octanol–water partition coefficient (Wildman–Crippen LogP) is 3.68. The zero-order valence-corrected chi connectivity index (χ0v) is 11.4. The van der Waals surface area contributed by atoms with Gasteiger partial charge in [0.15, 0.2) is 0 Å². The molecule has 1 heterocycles. The van der Waals surface area contributed by atoms with Gasteiger partial charge in [-0.1, -0.05) is 31.4 Å².